The molecule has 2 atom stereocenters. The van der Waals surface area contributed by atoms with Crippen LogP contribution < -0.4 is 0 Å². The third-order valence-corrected chi connectivity index (χ3v) is 3.13. The number of aromatic amines is 1. The van der Waals surface area contributed by atoms with Gasteiger partial charge in [0.1, 0.15) is 5.76 Å². The highest BCUT2D eigenvalue weighted by atomic mass is 16.8. The van der Waals surface area contributed by atoms with E-state index in [1.165, 1.54) is 0 Å². The quantitative estimate of drug-likeness (QED) is 0.785. The molecule has 3 heterocycles. The van der Waals surface area contributed by atoms with Crippen molar-refractivity contribution in [3.63, 3.8) is 0 Å². The summed E-state index contributed by atoms with van der Waals surface area (Å²) in [4.78, 5) is 3.02. The molecule has 1 N–H and O–H groups in total. The van der Waals surface area contributed by atoms with Gasteiger partial charge in [-0.05, 0) is 30.2 Å². The number of aromatic nitrogens is 1. The molecule has 0 saturated carbocycles. The number of hydrogen-bond acceptors (Lipinski definition) is 3. The van der Waals surface area contributed by atoms with Crippen molar-refractivity contribution < 1.29 is 14.2 Å². The molecule has 4 heteroatoms. The molecule has 2 unspecified atom stereocenters. The van der Waals surface area contributed by atoms with E-state index < -0.39 is 5.79 Å². The zero-order chi connectivity index (χ0) is 13.1. The molecule has 3 rings (SSSR count). The van der Waals surface area contributed by atoms with Crippen molar-refractivity contribution >= 4 is 0 Å². The Bertz CT molecular complexity index is 562. The largest absolute Gasteiger partial charge is 0.458 e. The summed E-state index contributed by atoms with van der Waals surface area (Å²) in [5.41, 5.74) is 0.880. The van der Waals surface area contributed by atoms with Crippen LogP contribution in [0.25, 0.3) is 0 Å². The molecule has 0 bridgehead atoms. The van der Waals surface area contributed by atoms with Gasteiger partial charge in [0, 0.05) is 32.2 Å². The fourth-order valence-corrected chi connectivity index (χ4v) is 2.17. The maximum atomic E-state index is 5.80. The van der Waals surface area contributed by atoms with Gasteiger partial charge in [0.2, 0.25) is 5.79 Å². The first-order valence-electron chi connectivity index (χ1n) is 6.24. The van der Waals surface area contributed by atoms with Gasteiger partial charge < -0.3 is 19.2 Å². The summed E-state index contributed by atoms with van der Waals surface area (Å²) >= 11 is 0. The molecule has 0 amide bonds. The Balaban J connectivity index is 1.65. The number of rotatable bonds is 1. The van der Waals surface area contributed by atoms with Crippen LogP contribution in [-0.4, -0.2) is 24.2 Å². The van der Waals surface area contributed by atoms with Crippen LogP contribution in [0.4, 0.5) is 0 Å². The molecular weight excluding hydrogens is 242 g/mol. The lowest BCUT2D eigenvalue weighted by Gasteiger charge is -2.22. The van der Waals surface area contributed by atoms with Crippen LogP contribution in [-0.2, 0) is 14.2 Å². The molecule has 2 aliphatic rings. The lowest BCUT2D eigenvalue weighted by Crippen LogP contribution is -2.27. The van der Waals surface area contributed by atoms with Gasteiger partial charge in [-0.25, -0.2) is 0 Å². The molecule has 1 fully saturated rings. The van der Waals surface area contributed by atoms with Crippen LogP contribution in [0.15, 0.2) is 42.3 Å². The summed E-state index contributed by atoms with van der Waals surface area (Å²) in [6.45, 7) is 0. The molecule has 4 nitrogen and oxygen atoms in total. The molecule has 0 aromatic carbocycles. The van der Waals surface area contributed by atoms with E-state index in [-0.39, 0.29) is 6.29 Å². The fourth-order valence-electron chi connectivity index (χ4n) is 2.17. The summed E-state index contributed by atoms with van der Waals surface area (Å²) in [6, 6.07) is 3.83. The maximum absolute atomic E-state index is 5.80. The predicted octanol–water partition coefficient (Wildman–Crippen LogP) is 2.32. The second-order valence-electron chi connectivity index (χ2n) is 4.47. The van der Waals surface area contributed by atoms with Gasteiger partial charge in [-0.15, -0.1) is 0 Å². The Morgan fingerprint density at radius 1 is 1.58 bits per heavy atom. The van der Waals surface area contributed by atoms with Crippen molar-refractivity contribution in [1.29, 1.82) is 0 Å². The number of methoxy groups -OCH3 is 1. The Morgan fingerprint density at radius 3 is 3.26 bits per heavy atom. The summed E-state index contributed by atoms with van der Waals surface area (Å²) in [6.07, 6.45) is 8.85. The highest BCUT2D eigenvalue weighted by molar-refractivity contribution is 5.36. The van der Waals surface area contributed by atoms with Gasteiger partial charge in [0.25, 0.3) is 0 Å². The average molecular weight is 257 g/mol. The number of nitrogens with one attached hydrogen (secondary N) is 1. The van der Waals surface area contributed by atoms with E-state index in [9.17, 15) is 0 Å². The zero-order valence-electron chi connectivity index (χ0n) is 10.7. The average Bonchev–Trinajstić information content (AvgIpc) is 3.13. The monoisotopic (exact) mass is 257 g/mol. The Hall–Kier alpha value is -1.96. The van der Waals surface area contributed by atoms with Crippen molar-refractivity contribution in [3.8, 4) is 11.8 Å². The standard InChI is InChI=1S/C15H15NO3/c1-17-14-8-10-15(19-14)9-7-13(18-15)6-2-4-12-5-3-11-16-12/h3,5-7,9,11,14,16H,8,10H2,1H3/b13-6-. The first kappa shape index (κ1) is 12.1. The summed E-state index contributed by atoms with van der Waals surface area (Å²) < 4.78 is 16.7. The molecule has 1 spiro atoms. The highest BCUT2D eigenvalue weighted by Crippen LogP contribution is 2.38. The van der Waals surface area contributed by atoms with Crippen LogP contribution in [0.5, 0.6) is 0 Å². The van der Waals surface area contributed by atoms with Gasteiger partial charge in [0.05, 0.1) is 5.69 Å². The van der Waals surface area contributed by atoms with Gasteiger partial charge in [0.15, 0.2) is 6.29 Å². The maximum Gasteiger partial charge on any atom is 0.233 e. The SMILES string of the molecule is COC1CCC2(C=C/C(=C/C#Cc3ccc[nH]3)O2)O1. The lowest BCUT2D eigenvalue weighted by molar-refractivity contribution is -0.218. The van der Waals surface area contributed by atoms with Gasteiger partial charge >= 0.3 is 0 Å². The Labute approximate surface area is 112 Å². The zero-order valence-corrected chi connectivity index (χ0v) is 10.7. The molecular formula is C15H15NO3. The van der Waals surface area contributed by atoms with E-state index in [1.807, 2.05) is 30.5 Å². The smallest absolute Gasteiger partial charge is 0.233 e. The Morgan fingerprint density at radius 2 is 2.53 bits per heavy atom. The summed E-state index contributed by atoms with van der Waals surface area (Å²) in [5, 5.41) is 0. The Kier molecular flexibility index (Phi) is 3.16. The lowest BCUT2D eigenvalue weighted by atomic mass is 10.2. The molecule has 19 heavy (non-hydrogen) atoms. The minimum Gasteiger partial charge on any atom is -0.458 e. The fraction of sp³-hybridized carbons (Fsp3) is 0.333. The van der Waals surface area contributed by atoms with Crippen LogP contribution >= 0.6 is 0 Å². The molecule has 2 aliphatic heterocycles. The van der Waals surface area contributed by atoms with Crippen molar-refractivity contribution in [3.05, 3.63) is 48.0 Å². The minimum atomic E-state index is -0.652. The first-order valence-corrected chi connectivity index (χ1v) is 6.24. The number of hydrogen-bond donors (Lipinski definition) is 1. The minimum absolute atomic E-state index is 0.186. The van der Waals surface area contributed by atoms with Gasteiger partial charge in [-0.3, -0.25) is 0 Å². The third kappa shape index (κ3) is 2.58. The molecule has 1 saturated heterocycles. The second-order valence-corrected chi connectivity index (χ2v) is 4.47. The van der Waals surface area contributed by atoms with Crippen molar-refractivity contribution in [2.24, 2.45) is 0 Å². The van der Waals surface area contributed by atoms with Crippen LogP contribution in [0.3, 0.4) is 0 Å². The number of allylic oxidation sites excluding steroid dienone is 2. The van der Waals surface area contributed by atoms with Crippen molar-refractivity contribution in [1.82, 2.24) is 4.98 Å². The van der Waals surface area contributed by atoms with E-state index in [1.54, 1.807) is 13.2 Å². The summed E-state index contributed by atoms with van der Waals surface area (Å²) in [5.74, 6) is 6.01. The molecule has 98 valence electrons. The van der Waals surface area contributed by atoms with Gasteiger partial charge in [-0.1, -0.05) is 5.92 Å². The third-order valence-electron chi connectivity index (χ3n) is 3.13. The number of ether oxygens (including phenoxy) is 3. The molecule has 1 aromatic rings. The second kappa shape index (κ2) is 4.96. The van der Waals surface area contributed by atoms with Crippen LogP contribution in [0.1, 0.15) is 18.5 Å². The van der Waals surface area contributed by atoms with E-state index in [4.69, 9.17) is 14.2 Å². The van der Waals surface area contributed by atoms with E-state index in [2.05, 4.69) is 16.8 Å². The van der Waals surface area contributed by atoms with Crippen molar-refractivity contribution in [2.75, 3.05) is 7.11 Å². The molecule has 0 radical (unpaired) electrons. The molecule has 1 aromatic heterocycles. The van der Waals surface area contributed by atoms with E-state index in [0.717, 1.165) is 24.3 Å². The van der Waals surface area contributed by atoms with E-state index in [0.29, 0.717) is 0 Å². The predicted molar refractivity (Wildman–Crippen MR) is 69.8 cm³/mol. The molecule has 0 aliphatic carbocycles. The van der Waals surface area contributed by atoms with E-state index >= 15 is 0 Å². The first-order chi connectivity index (χ1) is 9.30. The van der Waals surface area contributed by atoms with Crippen LogP contribution in [0, 0.1) is 11.8 Å². The number of H-pyrrole nitrogens is 1. The highest BCUT2D eigenvalue weighted by Gasteiger charge is 2.43. The van der Waals surface area contributed by atoms with Gasteiger partial charge in [-0.2, -0.15) is 0 Å². The van der Waals surface area contributed by atoms with Crippen molar-refractivity contribution in [2.45, 2.75) is 24.9 Å². The topological polar surface area (TPSA) is 43.5 Å². The normalized spacial score (nSPS) is 30.6. The van der Waals surface area contributed by atoms with Crippen LogP contribution in [0.2, 0.25) is 0 Å². The summed E-state index contributed by atoms with van der Waals surface area (Å²) in [7, 11) is 1.64.